The molecular weight excluding hydrogens is 354 g/mol. The first-order valence-electron chi connectivity index (χ1n) is 8.72. The Morgan fingerprint density at radius 3 is 2.71 bits per heavy atom. The van der Waals surface area contributed by atoms with Gasteiger partial charge in [0.2, 0.25) is 0 Å². The predicted molar refractivity (Wildman–Crippen MR) is 108 cm³/mol. The zero-order valence-corrected chi connectivity index (χ0v) is 15.1. The lowest BCUT2D eigenvalue weighted by Gasteiger charge is -2.11. The fourth-order valence-electron chi connectivity index (χ4n) is 2.91. The van der Waals surface area contributed by atoms with Gasteiger partial charge in [-0.25, -0.2) is 0 Å². The molecule has 28 heavy (non-hydrogen) atoms. The van der Waals surface area contributed by atoms with Crippen LogP contribution in [-0.4, -0.2) is 15.9 Å². The molecule has 0 radical (unpaired) electrons. The summed E-state index contributed by atoms with van der Waals surface area (Å²) in [5, 5.41) is 4.07. The molecule has 0 spiro atoms. The van der Waals surface area contributed by atoms with Crippen molar-refractivity contribution in [1.82, 2.24) is 9.97 Å². The van der Waals surface area contributed by atoms with Crippen LogP contribution in [0.1, 0.15) is 16.1 Å². The normalized spacial score (nSPS) is 10.6. The third kappa shape index (κ3) is 3.61. The van der Waals surface area contributed by atoms with E-state index in [0.717, 1.165) is 5.56 Å². The Morgan fingerprint density at radius 2 is 1.93 bits per heavy atom. The molecule has 0 atom stereocenters. The van der Waals surface area contributed by atoms with Crippen molar-refractivity contribution in [2.45, 2.75) is 6.92 Å². The fourth-order valence-corrected chi connectivity index (χ4v) is 2.91. The van der Waals surface area contributed by atoms with Crippen LogP contribution in [0.25, 0.3) is 10.8 Å². The van der Waals surface area contributed by atoms with Gasteiger partial charge in [-0.2, -0.15) is 0 Å². The lowest BCUT2D eigenvalue weighted by molar-refractivity contribution is 0.102. The number of carbonyl (C=O) groups excluding carboxylic acids is 1. The molecule has 1 amide bonds. The minimum Gasteiger partial charge on any atom is -0.455 e. The first-order chi connectivity index (χ1) is 13.6. The first-order valence-corrected chi connectivity index (χ1v) is 8.72. The first kappa shape index (κ1) is 17.5. The highest BCUT2D eigenvalue weighted by molar-refractivity contribution is 6.04. The number of aryl methyl sites for hydroxylation is 1. The van der Waals surface area contributed by atoms with Crippen molar-refractivity contribution in [1.29, 1.82) is 0 Å². The van der Waals surface area contributed by atoms with Crippen molar-refractivity contribution in [2.24, 2.45) is 0 Å². The summed E-state index contributed by atoms with van der Waals surface area (Å²) in [5.74, 6) is 0.921. The molecule has 2 heterocycles. The van der Waals surface area contributed by atoms with Crippen LogP contribution in [0, 0.1) is 6.92 Å². The van der Waals surface area contributed by atoms with Gasteiger partial charge in [-0.05, 0) is 60.3 Å². The van der Waals surface area contributed by atoms with Gasteiger partial charge in [0, 0.05) is 17.3 Å². The van der Waals surface area contributed by atoms with Crippen LogP contribution < -0.4 is 15.6 Å². The molecule has 0 fully saturated rings. The van der Waals surface area contributed by atoms with E-state index in [1.54, 1.807) is 54.9 Å². The standard InChI is InChI=1S/C22H17N3O3/c1-14-11-16(8-9-20(14)28-17-6-4-10-23-13-17)24-22(27)19-12-15-5-2-3-7-18(15)21(26)25-19/h2-13H,1H3,(H,24,27)(H,25,26). The minimum atomic E-state index is -0.386. The van der Waals surface area contributed by atoms with Crippen LogP contribution in [0.15, 0.2) is 77.9 Å². The van der Waals surface area contributed by atoms with E-state index in [1.165, 1.54) is 0 Å². The Balaban J connectivity index is 1.55. The molecule has 6 nitrogen and oxygen atoms in total. The quantitative estimate of drug-likeness (QED) is 0.561. The lowest BCUT2D eigenvalue weighted by Crippen LogP contribution is -2.19. The molecular formula is C22H17N3O3. The van der Waals surface area contributed by atoms with E-state index < -0.39 is 0 Å². The molecule has 6 heteroatoms. The van der Waals surface area contributed by atoms with Gasteiger partial charge in [-0.3, -0.25) is 14.6 Å². The number of fused-ring (bicyclic) bond motifs is 1. The van der Waals surface area contributed by atoms with Gasteiger partial charge in [0.05, 0.1) is 6.20 Å². The zero-order chi connectivity index (χ0) is 19.5. The number of rotatable bonds is 4. The summed E-state index contributed by atoms with van der Waals surface area (Å²) in [7, 11) is 0. The number of aromatic amines is 1. The van der Waals surface area contributed by atoms with Gasteiger partial charge in [0.1, 0.15) is 17.2 Å². The molecule has 2 aromatic carbocycles. The number of pyridine rings is 2. The highest BCUT2D eigenvalue weighted by Crippen LogP contribution is 2.27. The molecule has 0 aliphatic rings. The molecule has 4 aromatic rings. The molecule has 0 unspecified atom stereocenters. The Kier molecular flexibility index (Phi) is 4.60. The largest absolute Gasteiger partial charge is 0.455 e. The van der Waals surface area contributed by atoms with E-state index in [2.05, 4.69) is 15.3 Å². The van der Waals surface area contributed by atoms with Crippen molar-refractivity contribution >= 4 is 22.4 Å². The lowest BCUT2D eigenvalue weighted by atomic mass is 10.1. The number of anilines is 1. The number of H-pyrrole nitrogens is 1. The number of amides is 1. The number of nitrogens with one attached hydrogen (secondary N) is 2. The topological polar surface area (TPSA) is 84.1 Å². The van der Waals surface area contributed by atoms with Crippen LogP contribution in [-0.2, 0) is 0 Å². The molecule has 0 aliphatic carbocycles. The maximum absolute atomic E-state index is 12.6. The third-order valence-corrected chi connectivity index (χ3v) is 4.29. The van der Waals surface area contributed by atoms with Gasteiger partial charge in [0.15, 0.2) is 0 Å². The zero-order valence-electron chi connectivity index (χ0n) is 15.1. The van der Waals surface area contributed by atoms with E-state index in [4.69, 9.17) is 4.74 Å². The second kappa shape index (κ2) is 7.36. The number of nitrogens with zero attached hydrogens (tertiary/aromatic N) is 1. The van der Waals surface area contributed by atoms with Crippen molar-refractivity contribution in [3.8, 4) is 11.5 Å². The maximum atomic E-state index is 12.6. The number of benzene rings is 2. The number of hydrogen-bond donors (Lipinski definition) is 2. The van der Waals surface area contributed by atoms with Gasteiger partial charge >= 0.3 is 0 Å². The monoisotopic (exact) mass is 371 g/mol. The highest BCUT2D eigenvalue weighted by atomic mass is 16.5. The summed E-state index contributed by atoms with van der Waals surface area (Å²) in [6.45, 7) is 1.89. The highest BCUT2D eigenvalue weighted by Gasteiger charge is 2.11. The smallest absolute Gasteiger partial charge is 0.272 e. The second-order valence-electron chi connectivity index (χ2n) is 6.32. The minimum absolute atomic E-state index is 0.206. The molecule has 138 valence electrons. The Labute approximate surface area is 160 Å². The number of ether oxygens (including phenoxy) is 1. The van der Waals surface area contributed by atoms with Crippen molar-refractivity contribution in [3.05, 3.63) is 94.7 Å². The van der Waals surface area contributed by atoms with Crippen LogP contribution in [0.4, 0.5) is 5.69 Å². The van der Waals surface area contributed by atoms with Gasteiger partial charge in [-0.15, -0.1) is 0 Å². The molecule has 2 aromatic heterocycles. The van der Waals surface area contributed by atoms with Crippen molar-refractivity contribution in [3.63, 3.8) is 0 Å². The SMILES string of the molecule is Cc1cc(NC(=O)c2cc3ccccc3c(=O)[nH]2)ccc1Oc1cccnc1. The van der Waals surface area contributed by atoms with Crippen molar-refractivity contribution < 1.29 is 9.53 Å². The summed E-state index contributed by atoms with van der Waals surface area (Å²) < 4.78 is 5.79. The Hall–Kier alpha value is -3.93. The van der Waals surface area contributed by atoms with Crippen LogP contribution in [0.3, 0.4) is 0 Å². The molecule has 2 N–H and O–H groups in total. The van der Waals surface area contributed by atoms with Gasteiger partial charge in [-0.1, -0.05) is 18.2 Å². The van der Waals surface area contributed by atoms with Gasteiger partial charge < -0.3 is 15.0 Å². The van der Waals surface area contributed by atoms with E-state index in [0.29, 0.717) is 28.0 Å². The van der Waals surface area contributed by atoms with Crippen molar-refractivity contribution in [2.75, 3.05) is 5.32 Å². The summed E-state index contributed by atoms with van der Waals surface area (Å²) in [6.07, 6.45) is 3.31. The summed E-state index contributed by atoms with van der Waals surface area (Å²) >= 11 is 0. The van der Waals surface area contributed by atoms with Crippen LogP contribution in [0.5, 0.6) is 11.5 Å². The van der Waals surface area contributed by atoms with E-state index in [-0.39, 0.29) is 17.2 Å². The third-order valence-electron chi connectivity index (χ3n) is 4.29. The molecule has 4 rings (SSSR count). The fraction of sp³-hybridized carbons (Fsp3) is 0.0455. The summed E-state index contributed by atoms with van der Waals surface area (Å²) in [6, 6.07) is 17.7. The molecule has 0 saturated heterocycles. The van der Waals surface area contributed by atoms with E-state index in [1.807, 2.05) is 25.1 Å². The van der Waals surface area contributed by atoms with Crippen LogP contribution in [0.2, 0.25) is 0 Å². The average Bonchev–Trinajstić information content (AvgIpc) is 2.71. The number of aromatic nitrogens is 2. The number of carbonyl (C=O) groups is 1. The average molecular weight is 371 g/mol. The van der Waals surface area contributed by atoms with Gasteiger partial charge in [0.25, 0.3) is 11.5 Å². The summed E-state index contributed by atoms with van der Waals surface area (Å²) in [4.78, 5) is 31.4. The molecule has 0 aliphatic heterocycles. The van der Waals surface area contributed by atoms with E-state index >= 15 is 0 Å². The summed E-state index contributed by atoms with van der Waals surface area (Å²) in [5.41, 5.74) is 1.38. The molecule has 0 bridgehead atoms. The number of hydrogen-bond acceptors (Lipinski definition) is 4. The predicted octanol–water partition coefficient (Wildman–Crippen LogP) is 4.28. The Bertz CT molecular complexity index is 1220. The van der Waals surface area contributed by atoms with Crippen LogP contribution >= 0.6 is 0 Å². The van der Waals surface area contributed by atoms with E-state index in [9.17, 15) is 9.59 Å². The Morgan fingerprint density at radius 1 is 1.07 bits per heavy atom. The molecule has 0 saturated carbocycles. The maximum Gasteiger partial charge on any atom is 0.272 e. The second-order valence-corrected chi connectivity index (χ2v) is 6.32.